The van der Waals surface area contributed by atoms with Crippen molar-refractivity contribution < 1.29 is 14.3 Å². The molecule has 1 aromatic carbocycles. The van der Waals surface area contributed by atoms with E-state index in [1.54, 1.807) is 24.3 Å². The summed E-state index contributed by atoms with van der Waals surface area (Å²) in [6.07, 6.45) is 1.70. The minimum Gasteiger partial charge on any atom is -0.466 e. The van der Waals surface area contributed by atoms with Gasteiger partial charge in [-0.2, -0.15) is 0 Å². The molecule has 0 unspecified atom stereocenters. The number of aryl methyl sites for hydroxylation is 2. The van der Waals surface area contributed by atoms with E-state index in [1.807, 2.05) is 25.1 Å². The van der Waals surface area contributed by atoms with Crippen LogP contribution in [0.2, 0.25) is 5.02 Å². The number of carbonyl (C=O) groups is 2. The third kappa shape index (κ3) is 6.13. The van der Waals surface area contributed by atoms with Crippen LogP contribution >= 0.6 is 11.6 Å². The van der Waals surface area contributed by atoms with Crippen molar-refractivity contribution in [1.29, 1.82) is 0 Å². The predicted octanol–water partition coefficient (Wildman–Crippen LogP) is 4.18. The summed E-state index contributed by atoms with van der Waals surface area (Å²) in [7, 11) is 0. The Bertz CT molecular complexity index is 698. The van der Waals surface area contributed by atoms with Gasteiger partial charge in [-0.05, 0) is 56.2 Å². The van der Waals surface area contributed by atoms with Crippen molar-refractivity contribution >= 4 is 23.4 Å². The van der Waals surface area contributed by atoms with Gasteiger partial charge in [0, 0.05) is 28.4 Å². The number of nitrogens with zero attached hydrogens (tertiary/aromatic N) is 1. The van der Waals surface area contributed by atoms with Crippen LogP contribution in [0.15, 0.2) is 42.5 Å². The Balaban J connectivity index is 1.64. The van der Waals surface area contributed by atoms with E-state index in [0.29, 0.717) is 23.6 Å². The SMILES string of the molecule is Cc1cccc(CCCOC(=O)CCC(=O)c2ccc(Cl)cc2)n1. The van der Waals surface area contributed by atoms with Gasteiger partial charge in [0.15, 0.2) is 5.78 Å². The zero-order valence-electron chi connectivity index (χ0n) is 13.6. The summed E-state index contributed by atoms with van der Waals surface area (Å²) in [5.41, 5.74) is 2.52. The number of benzene rings is 1. The molecule has 0 atom stereocenters. The van der Waals surface area contributed by atoms with E-state index >= 15 is 0 Å². The molecule has 0 fully saturated rings. The molecule has 0 spiro atoms. The average molecular weight is 346 g/mol. The summed E-state index contributed by atoms with van der Waals surface area (Å²) in [5.74, 6) is -0.443. The summed E-state index contributed by atoms with van der Waals surface area (Å²) >= 11 is 5.78. The van der Waals surface area contributed by atoms with Gasteiger partial charge in [-0.25, -0.2) is 0 Å². The number of carbonyl (C=O) groups excluding carboxylic acids is 2. The van der Waals surface area contributed by atoms with E-state index in [4.69, 9.17) is 16.3 Å². The molecule has 2 rings (SSSR count). The molecule has 2 aromatic rings. The Morgan fingerprint density at radius 2 is 1.83 bits per heavy atom. The minimum atomic E-state index is -0.352. The van der Waals surface area contributed by atoms with Crippen LogP contribution in [-0.4, -0.2) is 23.3 Å². The molecule has 126 valence electrons. The zero-order valence-corrected chi connectivity index (χ0v) is 14.4. The second-order valence-corrected chi connectivity index (χ2v) is 5.96. The lowest BCUT2D eigenvalue weighted by Gasteiger charge is -2.05. The molecule has 0 radical (unpaired) electrons. The second-order valence-electron chi connectivity index (χ2n) is 5.52. The molecule has 0 aliphatic rings. The van der Waals surface area contributed by atoms with Crippen LogP contribution in [0.3, 0.4) is 0 Å². The highest BCUT2D eigenvalue weighted by Crippen LogP contribution is 2.12. The van der Waals surface area contributed by atoms with Crippen molar-refractivity contribution in [2.45, 2.75) is 32.6 Å². The molecule has 0 aliphatic heterocycles. The number of aromatic nitrogens is 1. The lowest BCUT2D eigenvalue weighted by Crippen LogP contribution is -2.09. The van der Waals surface area contributed by atoms with Crippen LogP contribution in [0.4, 0.5) is 0 Å². The first-order valence-corrected chi connectivity index (χ1v) is 8.29. The third-order valence-corrected chi connectivity index (χ3v) is 3.76. The van der Waals surface area contributed by atoms with E-state index < -0.39 is 0 Å². The van der Waals surface area contributed by atoms with Gasteiger partial charge in [-0.3, -0.25) is 14.6 Å². The predicted molar refractivity (Wildman–Crippen MR) is 93.3 cm³/mol. The number of esters is 1. The molecular weight excluding hydrogens is 326 g/mol. The number of halogens is 1. The van der Waals surface area contributed by atoms with E-state index in [-0.39, 0.29) is 24.6 Å². The third-order valence-electron chi connectivity index (χ3n) is 3.51. The topological polar surface area (TPSA) is 56.3 Å². The Morgan fingerprint density at radius 1 is 1.08 bits per heavy atom. The van der Waals surface area contributed by atoms with Crippen molar-refractivity contribution in [3.05, 3.63) is 64.4 Å². The van der Waals surface area contributed by atoms with Crippen molar-refractivity contribution in [3.8, 4) is 0 Å². The molecule has 0 bridgehead atoms. The van der Waals surface area contributed by atoms with Crippen LogP contribution in [0.5, 0.6) is 0 Å². The first kappa shape index (κ1) is 18.1. The van der Waals surface area contributed by atoms with Gasteiger partial charge in [0.2, 0.25) is 0 Å². The lowest BCUT2D eigenvalue weighted by molar-refractivity contribution is -0.143. The molecule has 1 aromatic heterocycles. The van der Waals surface area contributed by atoms with E-state index in [2.05, 4.69) is 4.98 Å². The highest BCUT2D eigenvalue weighted by Gasteiger charge is 2.10. The van der Waals surface area contributed by atoms with Crippen LogP contribution in [0, 0.1) is 6.92 Å². The number of hydrogen-bond acceptors (Lipinski definition) is 4. The van der Waals surface area contributed by atoms with E-state index in [1.165, 1.54) is 0 Å². The number of Topliss-reactive ketones (excluding diaryl/α,β-unsaturated/α-hetero) is 1. The summed E-state index contributed by atoms with van der Waals surface area (Å²) in [6.45, 7) is 2.28. The summed E-state index contributed by atoms with van der Waals surface area (Å²) < 4.78 is 5.16. The molecule has 0 amide bonds. The summed E-state index contributed by atoms with van der Waals surface area (Å²) in [6, 6.07) is 12.5. The number of pyridine rings is 1. The Labute approximate surface area is 146 Å². The van der Waals surface area contributed by atoms with Gasteiger partial charge in [0.1, 0.15) is 0 Å². The van der Waals surface area contributed by atoms with Crippen molar-refractivity contribution in [2.24, 2.45) is 0 Å². The monoisotopic (exact) mass is 345 g/mol. The fourth-order valence-corrected chi connectivity index (χ4v) is 2.37. The Kier molecular flexibility index (Phi) is 6.94. The van der Waals surface area contributed by atoms with Crippen LogP contribution in [0.25, 0.3) is 0 Å². The molecule has 0 saturated heterocycles. The van der Waals surface area contributed by atoms with Crippen molar-refractivity contribution in [1.82, 2.24) is 4.98 Å². The second kappa shape index (κ2) is 9.18. The minimum absolute atomic E-state index is 0.0875. The molecule has 0 aliphatic carbocycles. The summed E-state index contributed by atoms with van der Waals surface area (Å²) in [4.78, 5) is 28.0. The van der Waals surface area contributed by atoms with Gasteiger partial charge in [-0.15, -0.1) is 0 Å². The smallest absolute Gasteiger partial charge is 0.306 e. The fraction of sp³-hybridized carbons (Fsp3) is 0.316. The van der Waals surface area contributed by atoms with Crippen molar-refractivity contribution in [3.63, 3.8) is 0 Å². The zero-order chi connectivity index (χ0) is 17.4. The van der Waals surface area contributed by atoms with Gasteiger partial charge >= 0.3 is 5.97 Å². The van der Waals surface area contributed by atoms with E-state index in [9.17, 15) is 9.59 Å². The molecule has 0 saturated carbocycles. The maximum atomic E-state index is 11.9. The highest BCUT2D eigenvalue weighted by molar-refractivity contribution is 6.30. The van der Waals surface area contributed by atoms with Crippen LogP contribution in [-0.2, 0) is 16.0 Å². The van der Waals surface area contributed by atoms with Crippen LogP contribution < -0.4 is 0 Å². The Morgan fingerprint density at radius 3 is 2.54 bits per heavy atom. The first-order valence-electron chi connectivity index (χ1n) is 7.91. The summed E-state index contributed by atoms with van der Waals surface area (Å²) in [5, 5.41) is 0.578. The van der Waals surface area contributed by atoms with Gasteiger partial charge in [0.25, 0.3) is 0 Å². The molecule has 0 N–H and O–H groups in total. The van der Waals surface area contributed by atoms with Crippen LogP contribution in [0.1, 0.15) is 41.0 Å². The number of ether oxygens (including phenoxy) is 1. The standard InChI is InChI=1S/C19H20ClNO3/c1-14-4-2-5-17(21-14)6-3-13-24-19(23)12-11-18(22)15-7-9-16(20)10-8-15/h2,4-5,7-10H,3,6,11-13H2,1H3. The largest absolute Gasteiger partial charge is 0.466 e. The normalized spacial score (nSPS) is 10.4. The maximum absolute atomic E-state index is 11.9. The number of hydrogen-bond donors (Lipinski definition) is 0. The number of rotatable bonds is 8. The van der Waals surface area contributed by atoms with Gasteiger partial charge in [0.05, 0.1) is 13.0 Å². The molecule has 5 heteroatoms. The molecule has 4 nitrogen and oxygen atoms in total. The van der Waals surface area contributed by atoms with E-state index in [0.717, 1.165) is 17.8 Å². The first-order chi connectivity index (χ1) is 11.5. The van der Waals surface area contributed by atoms with Gasteiger partial charge in [-0.1, -0.05) is 17.7 Å². The maximum Gasteiger partial charge on any atom is 0.306 e. The average Bonchev–Trinajstić information content (AvgIpc) is 2.57. The number of ketones is 1. The quantitative estimate of drug-likeness (QED) is 0.409. The molecular formula is C19H20ClNO3. The fourth-order valence-electron chi connectivity index (χ4n) is 2.25. The highest BCUT2D eigenvalue weighted by atomic mass is 35.5. The van der Waals surface area contributed by atoms with Gasteiger partial charge < -0.3 is 4.74 Å². The molecule has 1 heterocycles. The lowest BCUT2D eigenvalue weighted by atomic mass is 10.1. The Hall–Kier alpha value is -2.20. The molecule has 24 heavy (non-hydrogen) atoms. The van der Waals surface area contributed by atoms with Crippen molar-refractivity contribution in [2.75, 3.05) is 6.61 Å².